The summed E-state index contributed by atoms with van der Waals surface area (Å²) in [6.45, 7) is 3.88. The number of rotatable bonds is 4. The van der Waals surface area contributed by atoms with Crippen molar-refractivity contribution >= 4 is 0 Å². The largest absolute Gasteiger partial charge is 0.396 e. The Labute approximate surface area is 73.5 Å². The lowest BCUT2D eigenvalue weighted by atomic mass is 10.2. The zero-order valence-corrected chi connectivity index (χ0v) is 7.77. The molecule has 0 aliphatic heterocycles. The molecule has 12 heavy (non-hydrogen) atoms. The Balaban J connectivity index is 0. The summed E-state index contributed by atoms with van der Waals surface area (Å²) in [7, 11) is 0. The molecule has 76 valence electrons. The lowest BCUT2D eigenvalue weighted by molar-refractivity contribution is 0.161. The lowest BCUT2D eigenvalue weighted by Crippen LogP contribution is -2.04. The summed E-state index contributed by atoms with van der Waals surface area (Å²) in [5, 5.41) is 32.7. The Kier molecular flexibility index (Phi) is 13.0. The van der Waals surface area contributed by atoms with Crippen molar-refractivity contribution in [3.05, 3.63) is 0 Å². The maximum absolute atomic E-state index is 8.17. The van der Waals surface area contributed by atoms with Crippen molar-refractivity contribution in [1.29, 1.82) is 0 Å². The smallest absolute Gasteiger partial charge is 0.0478 e. The first kappa shape index (κ1) is 14.4. The molecule has 0 radical (unpaired) electrons. The number of hydrogen-bond acceptors (Lipinski definition) is 4. The molecule has 0 atom stereocenters. The van der Waals surface area contributed by atoms with Crippen molar-refractivity contribution in [1.82, 2.24) is 0 Å². The van der Waals surface area contributed by atoms with Gasteiger partial charge in [-0.2, -0.15) is 0 Å². The minimum absolute atomic E-state index is 0.0463. The van der Waals surface area contributed by atoms with Gasteiger partial charge < -0.3 is 20.4 Å². The Hall–Kier alpha value is -0.160. The SMILES string of the molecule is CC(CO)CO.CC(CO)CO. The van der Waals surface area contributed by atoms with E-state index < -0.39 is 0 Å². The van der Waals surface area contributed by atoms with Crippen LogP contribution in [0, 0.1) is 11.8 Å². The van der Waals surface area contributed by atoms with Gasteiger partial charge in [0, 0.05) is 38.3 Å². The zero-order chi connectivity index (χ0) is 9.98. The van der Waals surface area contributed by atoms with Crippen LogP contribution in [-0.4, -0.2) is 46.9 Å². The molecular formula is C8H20O4. The van der Waals surface area contributed by atoms with E-state index in [1.54, 1.807) is 13.8 Å². The van der Waals surface area contributed by atoms with E-state index >= 15 is 0 Å². The van der Waals surface area contributed by atoms with Gasteiger partial charge in [0.2, 0.25) is 0 Å². The number of aliphatic hydroxyl groups is 4. The van der Waals surface area contributed by atoms with E-state index in [1.807, 2.05) is 0 Å². The monoisotopic (exact) mass is 180 g/mol. The maximum Gasteiger partial charge on any atom is 0.0478 e. The average molecular weight is 180 g/mol. The van der Waals surface area contributed by atoms with Gasteiger partial charge in [-0.1, -0.05) is 13.8 Å². The lowest BCUT2D eigenvalue weighted by Gasteiger charge is -1.97. The third kappa shape index (κ3) is 12.5. The molecule has 0 aromatic carbocycles. The summed E-state index contributed by atoms with van der Waals surface area (Å²) < 4.78 is 0. The van der Waals surface area contributed by atoms with Gasteiger partial charge in [0.25, 0.3) is 0 Å². The van der Waals surface area contributed by atoms with Gasteiger partial charge in [0.05, 0.1) is 0 Å². The second-order valence-corrected chi connectivity index (χ2v) is 2.94. The highest BCUT2D eigenvalue weighted by atomic mass is 16.3. The molecular weight excluding hydrogens is 160 g/mol. The first-order valence-corrected chi connectivity index (χ1v) is 4.05. The molecule has 4 heteroatoms. The van der Waals surface area contributed by atoms with Gasteiger partial charge >= 0.3 is 0 Å². The standard InChI is InChI=1S/2C4H10O2/c2*1-4(2-5)3-6/h2*4-6H,2-3H2,1H3. The van der Waals surface area contributed by atoms with Crippen LogP contribution in [0.4, 0.5) is 0 Å². The average Bonchev–Trinajstić information content (AvgIpc) is 2.16. The van der Waals surface area contributed by atoms with Crippen LogP contribution in [-0.2, 0) is 0 Å². The van der Waals surface area contributed by atoms with Crippen molar-refractivity contribution in [2.45, 2.75) is 13.8 Å². The van der Waals surface area contributed by atoms with Crippen molar-refractivity contribution in [2.24, 2.45) is 11.8 Å². The number of hydrogen-bond donors (Lipinski definition) is 4. The zero-order valence-electron chi connectivity index (χ0n) is 7.77. The molecule has 0 aliphatic carbocycles. The molecule has 0 rings (SSSR count). The number of aliphatic hydroxyl groups excluding tert-OH is 4. The van der Waals surface area contributed by atoms with Crippen molar-refractivity contribution in [3.8, 4) is 0 Å². The normalized spacial score (nSPS) is 10.0. The maximum atomic E-state index is 8.17. The molecule has 0 spiro atoms. The van der Waals surface area contributed by atoms with Crippen LogP contribution in [0.2, 0.25) is 0 Å². The molecule has 0 amide bonds. The van der Waals surface area contributed by atoms with Gasteiger partial charge in [0.15, 0.2) is 0 Å². The van der Waals surface area contributed by atoms with Crippen molar-refractivity contribution in [2.75, 3.05) is 26.4 Å². The molecule has 4 N–H and O–H groups in total. The van der Waals surface area contributed by atoms with E-state index in [0.29, 0.717) is 0 Å². The molecule has 0 saturated carbocycles. The van der Waals surface area contributed by atoms with Gasteiger partial charge in [-0.15, -0.1) is 0 Å². The first-order chi connectivity index (χ1) is 5.62. The highest BCUT2D eigenvalue weighted by molar-refractivity contribution is 4.42. The molecule has 0 unspecified atom stereocenters. The van der Waals surface area contributed by atoms with Crippen LogP contribution < -0.4 is 0 Å². The van der Waals surface area contributed by atoms with Crippen LogP contribution in [0.5, 0.6) is 0 Å². The van der Waals surface area contributed by atoms with Crippen LogP contribution in [0.15, 0.2) is 0 Å². The first-order valence-electron chi connectivity index (χ1n) is 4.05. The predicted octanol–water partition coefficient (Wildman–Crippen LogP) is -0.786. The summed E-state index contributed by atoms with van der Waals surface area (Å²) in [4.78, 5) is 0. The van der Waals surface area contributed by atoms with Crippen LogP contribution in [0.3, 0.4) is 0 Å². The quantitative estimate of drug-likeness (QED) is 0.457. The highest BCUT2D eigenvalue weighted by Crippen LogP contribution is 1.86. The molecule has 0 aliphatic rings. The summed E-state index contributed by atoms with van der Waals surface area (Å²) >= 11 is 0. The van der Waals surface area contributed by atoms with E-state index in [2.05, 4.69) is 0 Å². The fourth-order valence-electron chi connectivity index (χ4n) is 0.115. The topological polar surface area (TPSA) is 80.9 Å². The summed E-state index contributed by atoms with van der Waals surface area (Å²) in [6.07, 6.45) is 0. The third-order valence-electron chi connectivity index (χ3n) is 1.25. The van der Waals surface area contributed by atoms with E-state index in [9.17, 15) is 0 Å². The molecule has 0 aromatic rings. The van der Waals surface area contributed by atoms with E-state index in [4.69, 9.17) is 20.4 Å². The molecule has 4 nitrogen and oxygen atoms in total. The van der Waals surface area contributed by atoms with E-state index in [0.717, 1.165) is 0 Å². The Bertz CT molecular complexity index is 59.5. The summed E-state index contributed by atoms with van der Waals surface area (Å²) in [5.41, 5.74) is 0. The molecule has 0 saturated heterocycles. The molecule has 0 fully saturated rings. The predicted molar refractivity (Wildman–Crippen MR) is 46.7 cm³/mol. The van der Waals surface area contributed by atoms with Gasteiger partial charge in [-0.05, 0) is 0 Å². The van der Waals surface area contributed by atoms with Crippen molar-refractivity contribution < 1.29 is 20.4 Å². The minimum atomic E-state index is 0.0463. The van der Waals surface area contributed by atoms with Gasteiger partial charge in [-0.25, -0.2) is 0 Å². The fraction of sp³-hybridized carbons (Fsp3) is 1.00. The van der Waals surface area contributed by atoms with Crippen LogP contribution in [0.25, 0.3) is 0 Å². The molecule has 0 bridgehead atoms. The second kappa shape index (κ2) is 10.8. The molecule has 0 aromatic heterocycles. The summed E-state index contributed by atoms with van der Waals surface area (Å²) in [5.74, 6) is 0.0926. The van der Waals surface area contributed by atoms with Crippen molar-refractivity contribution in [3.63, 3.8) is 0 Å². The minimum Gasteiger partial charge on any atom is -0.396 e. The van der Waals surface area contributed by atoms with Gasteiger partial charge in [-0.3, -0.25) is 0 Å². The van der Waals surface area contributed by atoms with E-state index in [-0.39, 0.29) is 38.3 Å². The van der Waals surface area contributed by atoms with Gasteiger partial charge in [0.1, 0.15) is 0 Å². The Morgan fingerprint density at radius 2 is 0.833 bits per heavy atom. The molecule has 0 heterocycles. The third-order valence-corrected chi connectivity index (χ3v) is 1.25. The van der Waals surface area contributed by atoms with Crippen LogP contribution >= 0.6 is 0 Å². The fourth-order valence-corrected chi connectivity index (χ4v) is 0.115. The summed E-state index contributed by atoms with van der Waals surface area (Å²) in [6, 6.07) is 0. The second-order valence-electron chi connectivity index (χ2n) is 2.94. The van der Waals surface area contributed by atoms with Crippen LogP contribution in [0.1, 0.15) is 13.8 Å². The Morgan fingerprint density at radius 1 is 0.667 bits per heavy atom. The Morgan fingerprint density at radius 3 is 0.833 bits per heavy atom. The highest BCUT2D eigenvalue weighted by Gasteiger charge is 1.92. The van der Waals surface area contributed by atoms with E-state index in [1.165, 1.54) is 0 Å².